The number of rotatable bonds is 5. The molecule has 2 N–H and O–H groups in total. The Morgan fingerprint density at radius 2 is 2.21 bits per heavy atom. The zero-order chi connectivity index (χ0) is 13.9. The minimum Gasteiger partial charge on any atom is -0.388 e. The average Bonchev–Trinajstić information content (AvgIpc) is 2.76. The van der Waals surface area contributed by atoms with Gasteiger partial charge in [0.2, 0.25) is 0 Å². The zero-order valence-electron chi connectivity index (χ0n) is 12.1. The summed E-state index contributed by atoms with van der Waals surface area (Å²) in [5, 5.41) is 13.5. The highest BCUT2D eigenvalue weighted by Gasteiger charge is 2.33. The Bertz CT molecular complexity index is 433. The first kappa shape index (κ1) is 14.1. The molecule has 0 amide bonds. The molecule has 1 atom stereocenters. The second-order valence-corrected chi connectivity index (χ2v) is 5.47. The summed E-state index contributed by atoms with van der Waals surface area (Å²) in [5.41, 5.74) is 0.543. The van der Waals surface area contributed by atoms with E-state index in [1.54, 1.807) is 6.33 Å². The molecule has 0 spiro atoms. The Kier molecular flexibility index (Phi) is 4.24. The Morgan fingerprint density at radius 3 is 2.79 bits per heavy atom. The van der Waals surface area contributed by atoms with Crippen LogP contribution in [0, 0.1) is 0 Å². The first-order chi connectivity index (χ1) is 9.07. The summed E-state index contributed by atoms with van der Waals surface area (Å²) in [7, 11) is 0. The number of aromatic nitrogens is 2. The summed E-state index contributed by atoms with van der Waals surface area (Å²) < 4.78 is 0. The summed E-state index contributed by atoms with van der Waals surface area (Å²) in [4.78, 5) is 10.9. The topological polar surface area (TPSA) is 61.3 Å². The van der Waals surface area contributed by atoms with Crippen molar-refractivity contribution in [2.75, 3.05) is 29.9 Å². The quantitative estimate of drug-likeness (QED) is 0.849. The lowest BCUT2D eigenvalue weighted by atomic mass is 10.1. The third-order valence-corrected chi connectivity index (χ3v) is 3.57. The van der Waals surface area contributed by atoms with Crippen LogP contribution in [-0.2, 0) is 6.42 Å². The van der Waals surface area contributed by atoms with Gasteiger partial charge in [0, 0.05) is 25.2 Å². The first-order valence-corrected chi connectivity index (χ1v) is 7.12. The largest absolute Gasteiger partial charge is 0.388 e. The van der Waals surface area contributed by atoms with Gasteiger partial charge in [-0.2, -0.15) is 0 Å². The Hall–Kier alpha value is -1.36. The van der Waals surface area contributed by atoms with Crippen molar-refractivity contribution in [1.82, 2.24) is 9.97 Å². The second kappa shape index (κ2) is 5.74. The Morgan fingerprint density at radius 1 is 1.42 bits per heavy atom. The van der Waals surface area contributed by atoms with Gasteiger partial charge in [-0.25, -0.2) is 9.97 Å². The van der Waals surface area contributed by atoms with Crippen molar-refractivity contribution in [3.05, 3.63) is 11.9 Å². The van der Waals surface area contributed by atoms with Gasteiger partial charge in [-0.3, -0.25) is 0 Å². The summed E-state index contributed by atoms with van der Waals surface area (Å²) in [6, 6.07) is 0. The van der Waals surface area contributed by atoms with Crippen LogP contribution in [0.2, 0.25) is 0 Å². The van der Waals surface area contributed by atoms with Crippen LogP contribution in [0.4, 0.5) is 11.6 Å². The maximum Gasteiger partial charge on any atom is 0.137 e. The highest BCUT2D eigenvalue weighted by Crippen LogP contribution is 2.30. The third-order valence-electron chi connectivity index (χ3n) is 3.57. The maximum atomic E-state index is 10.1. The molecule has 19 heavy (non-hydrogen) atoms. The lowest BCUT2D eigenvalue weighted by Crippen LogP contribution is -2.30. The predicted octanol–water partition coefficient (Wildman–Crippen LogP) is 1.82. The van der Waals surface area contributed by atoms with E-state index in [1.807, 2.05) is 6.92 Å². The number of β-amino-alcohol motifs (C(OH)–C–C–N with tert-alkyl or cyclic N) is 1. The van der Waals surface area contributed by atoms with Crippen LogP contribution in [0.3, 0.4) is 0 Å². The van der Waals surface area contributed by atoms with Gasteiger partial charge in [0.15, 0.2) is 0 Å². The fraction of sp³-hybridized carbons (Fsp3) is 0.714. The minimum atomic E-state index is -0.604. The van der Waals surface area contributed by atoms with E-state index in [9.17, 15) is 5.11 Å². The van der Waals surface area contributed by atoms with Crippen LogP contribution in [0.25, 0.3) is 0 Å². The van der Waals surface area contributed by atoms with E-state index in [-0.39, 0.29) is 0 Å². The molecule has 2 heterocycles. The molecule has 5 nitrogen and oxygen atoms in total. The normalized spacial score (nSPS) is 22.8. The van der Waals surface area contributed by atoms with Gasteiger partial charge < -0.3 is 15.3 Å². The molecule has 5 heteroatoms. The number of nitrogens with zero attached hydrogens (tertiary/aromatic N) is 3. The van der Waals surface area contributed by atoms with Crippen molar-refractivity contribution in [3.8, 4) is 0 Å². The van der Waals surface area contributed by atoms with Crippen LogP contribution in [-0.4, -0.2) is 40.3 Å². The van der Waals surface area contributed by atoms with Gasteiger partial charge in [0.1, 0.15) is 18.0 Å². The lowest BCUT2D eigenvalue weighted by molar-refractivity contribution is 0.0839. The smallest absolute Gasteiger partial charge is 0.137 e. The van der Waals surface area contributed by atoms with Gasteiger partial charge in [0.05, 0.1) is 5.60 Å². The van der Waals surface area contributed by atoms with Crippen molar-refractivity contribution >= 4 is 11.6 Å². The van der Waals surface area contributed by atoms with Gasteiger partial charge in [-0.15, -0.1) is 0 Å². The molecule has 106 valence electrons. The van der Waals surface area contributed by atoms with Crippen molar-refractivity contribution in [2.45, 2.75) is 45.6 Å². The van der Waals surface area contributed by atoms with Crippen molar-refractivity contribution in [2.24, 2.45) is 0 Å². The molecular formula is C14H24N4O. The first-order valence-electron chi connectivity index (χ1n) is 7.12. The van der Waals surface area contributed by atoms with Crippen LogP contribution in [0.1, 0.15) is 39.2 Å². The van der Waals surface area contributed by atoms with Crippen LogP contribution >= 0.6 is 0 Å². The van der Waals surface area contributed by atoms with Crippen LogP contribution in [0.5, 0.6) is 0 Å². The Labute approximate surface area is 115 Å². The number of hydrogen-bond donors (Lipinski definition) is 2. The number of anilines is 2. The average molecular weight is 264 g/mol. The zero-order valence-corrected chi connectivity index (χ0v) is 12.1. The van der Waals surface area contributed by atoms with E-state index >= 15 is 0 Å². The number of hydrogen-bond acceptors (Lipinski definition) is 5. The minimum absolute atomic E-state index is 0.604. The molecule has 2 rings (SSSR count). The summed E-state index contributed by atoms with van der Waals surface area (Å²) in [6.07, 6.45) is 4.36. The van der Waals surface area contributed by atoms with Crippen molar-refractivity contribution in [3.63, 3.8) is 0 Å². The summed E-state index contributed by atoms with van der Waals surface area (Å²) >= 11 is 0. The maximum absolute atomic E-state index is 10.1. The number of nitrogens with one attached hydrogen (secondary N) is 1. The highest BCUT2D eigenvalue weighted by molar-refractivity contribution is 5.59. The molecule has 1 fully saturated rings. The van der Waals surface area contributed by atoms with E-state index in [0.29, 0.717) is 6.54 Å². The van der Waals surface area contributed by atoms with Crippen LogP contribution in [0.15, 0.2) is 6.33 Å². The van der Waals surface area contributed by atoms with Gasteiger partial charge >= 0.3 is 0 Å². The molecular weight excluding hydrogens is 240 g/mol. The molecule has 1 unspecified atom stereocenters. The standard InChI is InChI=1S/C14H24N4O/c1-4-7-15-12-11(5-2)13(17-10-16-12)18-8-6-14(3,19)9-18/h10,19H,4-9H2,1-3H3,(H,15,16,17). The summed E-state index contributed by atoms with van der Waals surface area (Å²) in [6.45, 7) is 8.55. The van der Waals surface area contributed by atoms with E-state index in [1.165, 1.54) is 0 Å². The second-order valence-electron chi connectivity index (χ2n) is 5.47. The monoisotopic (exact) mass is 264 g/mol. The molecule has 0 bridgehead atoms. The van der Waals surface area contributed by atoms with E-state index in [0.717, 1.165) is 49.6 Å². The molecule has 1 saturated heterocycles. The molecule has 1 aliphatic heterocycles. The van der Waals surface area contributed by atoms with Crippen LogP contribution < -0.4 is 10.2 Å². The fourth-order valence-corrected chi connectivity index (χ4v) is 2.52. The predicted molar refractivity (Wildman–Crippen MR) is 77.6 cm³/mol. The van der Waals surface area contributed by atoms with Gasteiger partial charge in [-0.1, -0.05) is 13.8 Å². The fourth-order valence-electron chi connectivity index (χ4n) is 2.52. The van der Waals surface area contributed by atoms with Crippen molar-refractivity contribution < 1.29 is 5.11 Å². The molecule has 0 aliphatic carbocycles. The number of aliphatic hydroxyl groups is 1. The van der Waals surface area contributed by atoms with E-state index < -0.39 is 5.60 Å². The van der Waals surface area contributed by atoms with Gasteiger partial charge in [-0.05, 0) is 26.2 Å². The highest BCUT2D eigenvalue weighted by atomic mass is 16.3. The molecule has 0 radical (unpaired) electrons. The molecule has 1 aromatic rings. The third kappa shape index (κ3) is 3.15. The van der Waals surface area contributed by atoms with E-state index in [4.69, 9.17) is 0 Å². The molecule has 1 aromatic heterocycles. The Balaban J connectivity index is 2.25. The van der Waals surface area contributed by atoms with Crippen molar-refractivity contribution in [1.29, 1.82) is 0 Å². The molecule has 0 saturated carbocycles. The van der Waals surface area contributed by atoms with Gasteiger partial charge in [0.25, 0.3) is 0 Å². The molecule has 0 aromatic carbocycles. The molecule has 1 aliphatic rings. The van der Waals surface area contributed by atoms with E-state index in [2.05, 4.69) is 34.0 Å². The summed E-state index contributed by atoms with van der Waals surface area (Å²) in [5.74, 6) is 1.90. The lowest BCUT2D eigenvalue weighted by Gasteiger charge is -2.23. The SMILES string of the molecule is CCCNc1ncnc(N2CCC(C)(O)C2)c1CC.